The molecule has 0 saturated carbocycles. The first-order chi connectivity index (χ1) is 14.9. The Bertz CT molecular complexity index is 1030. The summed E-state index contributed by atoms with van der Waals surface area (Å²) in [6.45, 7) is 4.51. The molecule has 0 bridgehead atoms. The average Bonchev–Trinajstić information content (AvgIpc) is 2.77. The quantitative estimate of drug-likeness (QED) is 0.290. The van der Waals surface area contributed by atoms with Crippen LogP contribution < -0.4 is 31.0 Å². The van der Waals surface area contributed by atoms with E-state index in [0.29, 0.717) is 29.5 Å². The van der Waals surface area contributed by atoms with Crippen LogP contribution in [0, 0.1) is 6.92 Å². The minimum absolute atomic E-state index is 0.245. The Balaban J connectivity index is 1.86. The molecule has 0 aliphatic rings. The first-order valence-corrected chi connectivity index (χ1v) is 9.91. The highest BCUT2D eigenvalue weighted by atomic mass is 16.5. The van der Waals surface area contributed by atoms with E-state index in [-0.39, 0.29) is 5.96 Å². The largest absolute Gasteiger partial charge is 0.497 e. The molecule has 0 aliphatic heterocycles. The third-order valence-electron chi connectivity index (χ3n) is 4.68. The average molecular weight is 421 g/mol. The predicted molar refractivity (Wildman–Crippen MR) is 127 cm³/mol. The molecule has 31 heavy (non-hydrogen) atoms. The summed E-state index contributed by atoms with van der Waals surface area (Å²) in [5.41, 5.74) is 17.2. The molecule has 7 heteroatoms. The van der Waals surface area contributed by atoms with Crippen molar-refractivity contribution in [3.8, 4) is 28.4 Å². The fourth-order valence-corrected chi connectivity index (χ4v) is 3.20. The Labute approximate surface area is 182 Å². The van der Waals surface area contributed by atoms with Gasteiger partial charge in [-0.3, -0.25) is 0 Å². The van der Waals surface area contributed by atoms with Crippen molar-refractivity contribution in [3.63, 3.8) is 0 Å². The second kappa shape index (κ2) is 9.75. The molecule has 162 valence electrons. The van der Waals surface area contributed by atoms with Crippen LogP contribution >= 0.6 is 0 Å². The molecule has 3 aromatic rings. The highest BCUT2D eigenvalue weighted by molar-refractivity contribution is 5.95. The summed E-state index contributed by atoms with van der Waals surface area (Å²) >= 11 is 0. The number of ether oxygens (including phenoxy) is 3. The number of hydrogen-bond donors (Lipinski definition) is 3. The molecular weight excluding hydrogens is 392 g/mol. The van der Waals surface area contributed by atoms with E-state index in [4.69, 9.17) is 25.7 Å². The van der Waals surface area contributed by atoms with Crippen LogP contribution in [-0.2, 0) is 0 Å². The van der Waals surface area contributed by atoms with Crippen LogP contribution in [0.3, 0.4) is 0 Å². The molecule has 0 fully saturated rings. The molecular formula is C24H28N4O3. The van der Waals surface area contributed by atoms with E-state index in [9.17, 15) is 0 Å². The number of aryl methyl sites for hydroxylation is 1. The van der Waals surface area contributed by atoms with Gasteiger partial charge in [0.05, 0.1) is 32.2 Å². The zero-order chi connectivity index (χ0) is 22.4. The minimum Gasteiger partial charge on any atom is -0.497 e. The number of anilines is 2. The Morgan fingerprint density at radius 3 is 2.06 bits per heavy atom. The fraction of sp³-hybridized carbons (Fsp3) is 0.208. The lowest BCUT2D eigenvalue weighted by Crippen LogP contribution is -2.22. The van der Waals surface area contributed by atoms with Gasteiger partial charge in [-0.2, -0.15) is 0 Å². The lowest BCUT2D eigenvalue weighted by Gasteiger charge is -2.13. The Morgan fingerprint density at radius 2 is 1.52 bits per heavy atom. The number of rotatable bonds is 7. The number of nitrogens with one attached hydrogen (secondary N) is 1. The van der Waals surface area contributed by atoms with E-state index in [2.05, 4.69) is 10.3 Å². The van der Waals surface area contributed by atoms with Crippen LogP contribution in [0.15, 0.2) is 59.6 Å². The lowest BCUT2D eigenvalue weighted by molar-refractivity contribution is 0.340. The maximum atomic E-state index is 6.33. The second-order valence-electron chi connectivity index (χ2n) is 6.91. The Morgan fingerprint density at radius 1 is 0.903 bits per heavy atom. The number of nitrogens with two attached hydrogens (primary N) is 2. The van der Waals surface area contributed by atoms with Gasteiger partial charge in [0.1, 0.15) is 17.2 Å². The Hall–Kier alpha value is -3.87. The topological polar surface area (TPSA) is 104 Å². The predicted octanol–water partition coefficient (Wildman–Crippen LogP) is 4.72. The fourth-order valence-electron chi connectivity index (χ4n) is 3.20. The number of hydrogen-bond acceptors (Lipinski definition) is 5. The third-order valence-corrected chi connectivity index (χ3v) is 4.68. The number of methoxy groups -OCH3 is 2. The minimum atomic E-state index is 0.245. The number of benzene rings is 3. The van der Waals surface area contributed by atoms with Crippen LogP contribution in [-0.4, -0.2) is 26.8 Å². The van der Waals surface area contributed by atoms with Crippen LogP contribution in [0.25, 0.3) is 11.1 Å². The summed E-state index contributed by atoms with van der Waals surface area (Å²) in [5, 5.41) is 3.07. The summed E-state index contributed by atoms with van der Waals surface area (Å²) in [4.78, 5) is 4.49. The SMILES string of the molecule is CCOc1ccc(NC(N)=Nc2c(C)cc(-c3cc(OC)cc(OC)c3)cc2N)cc1. The molecule has 0 unspecified atom stereocenters. The number of nitrogen functional groups attached to an aromatic ring is 1. The summed E-state index contributed by atoms with van der Waals surface area (Å²) < 4.78 is 16.2. The van der Waals surface area contributed by atoms with Gasteiger partial charge in [-0.05, 0) is 79.1 Å². The molecule has 7 nitrogen and oxygen atoms in total. The van der Waals surface area contributed by atoms with E-state index in [1.54, 1.807) is 14.2 Å². The first-order valence-electron chi connectivity index (χ1n) is 9.91. The van der Waals surface area contributed by atoms with Crippen molar-refractivity contribution < 1.29 is 14.2 Å². The molecule has 0 aliphatic carbocycles. The monoisotopic (exact) mass is 420 g/mol. The maximum Gasteiger partial charge on any atom is 0.198 e. The van der Waals surface area contributed by atoms with Gasteiger partial charge in [0.25, 0.3) is 0 Å². The van der Waals surface area contributed by atoms with Gasteiger partial charge in [-0.25, -0.2) is 4.99 Å². The van der Waals surface area contributed by atoms with Gasteiger partial charge in [0, 0.05) is 11.8 Å². The number of nitrogens with zero attached hydrogens (tertiary/aromatic N) is 1. The summed E-state index contributed by atoms with van der Waals surface area (Å²) in [6, 6.07) is 17.1. The van der Waals surface area contributed by atoms with Crippen molar-refractivity contribution >= 4 is 23.0 Å². The zero-order valence-corrected chi connectivity index (χ0v) is 18.2. The zero-order valence-electron chi connectivity index (χ0n) is 18.2. The van der Waals surface area contributed by atoms with Crippen molar-refractivity contribution in [1.29, 1.82) is 0 Å². The normalized spacial score (nSPS) is 11.2. The highest BCUT2D eigenvalue weighted by Gasteiger charge is 2.10. The standard InChI is InChI=1S/C24H28N4O3/c1-5-31-19-8-6-18(7-9-19)27-24(26)28-23-15(2)10-16(13-22(23)25)17-11-20(29-3)14-21(12-17)30-4/h6-14H,5,25H2,1-4H3,(H3,26,27,28). The molecule has 0 spiro atoms. The van der Waals surface area contributed by atoms with Gasteiger partial charge in [0.15, 0.2) is 5.96 Å². The van der Waals surface area contributed by atoms with Crippen molar-refractivity contribution in [3.05, 3.63) is 60.2 Å². The van der Waals surface area contributed by atoms with E-state index < -0.39 is 0 Å². The van der Waals surface area contributed by atoms with Gasteiger partial charge in [-0.1, -0.05) is 0 Å². The molecule has 5 N–H and O–H groups in total. The van der Waals surface area contributed by atoms with Crippen LogP contribution in [0.1, 0.15) is 12.5 Å². The summed E-state index contributed by atoms with van der Waals surface area (Å²) in [7, 11) is 3.24. The molecule has 3 rings (SSSR count). The van der Waals surface area contributed by atoms with E-state index >= 15 is 0 Å². The first kappa shape index (κ1) is 21.8. The lowest BCUT2D eigenvalue weighted by atomic mass is 10.0. The van der Waals surface area contributed by atoms with Crippen LogP contribution in [0.5, 0.6) is 17.2 Å². The summed E-state index contributed by atoms with van der Waals surface area (Å²) in [5.74, 6) is 2.45. The smallest absolute Gasteiger partial charge is 0.198 e. The van der Waals surface area contributed by atoms with Gasteiger partial charge in [-0.15, -0.1) is 0 Å². The van der Waals surface area contributed by atoms with Crippen molar-refractivity contribution in [2.24, 2.45) is 10.7 Å². The van der Waals surface area contributed by atoms with Gasteiger partial charge < -0.3 is 31.0 Å². The van der Waals surface area contributed by atoms with Crippen LogP contribution in [0.2, 0.25) is 0 Å². The van der Waals surface area contributed by atoms with Crippen molar-refractivity contribution in [2.75, 3.05) is 31.9 Å². The molecule has 0 amide bonds. The molecule has 3 aromatic carbocycles. The Kier molecular flexibility index (Phi) is 6.87. The van der Waals surface area contributed by atoms with Gasteiger partial charge >= 0.3 is 0 Å². The highest BCUT2D eigenvalue weighted by Crippen LogP contribution is 2.35. The molecule has 0 aromatic heterocycles. The van der Waals surface area contributed by atoms with E-state index in [0.717, 1.165) is 28.1 Å². The number of guanidine groups is 1. The van der Waals surface area contributed by atoms with E-state index in [1.165, 1.54) is 0 Å². The van der Waals surface area contributed by atoms with Crippen molar-refractivity contribution in [1.82, 2.24) is 0 Å². The van der Waals surface area contributed by atoms with E-state index in [1.807, 2.05) is 68.4 Å². The molecule has 0 heterocycles. The van der Waals surface area contributed by atoms with Crippen molar-refractivity contribution in [2.45, 2.75) is 13.8 Å². The molecule has 0 saturated heterocycles. The maximum absolute atomic E-state index is 6.33. The molecule has 0 atom stereocenters. The van der Waals surface area contributed by atoms with Gasteiger partial charge in [0.2, 0.25) is 0 Å². The van der Waals surface area contributed by atoms with Crippen LogP contribution in [0.4, 0.5) is 17.1 Å². The summed E-state index contributed by atoms with van der Waals surface area (Å²) in [6.07, 6.45) is 0. The molecule has 0 radical (unpaired) electrons. The third kappa shape index (κ3) is 5.39. The second-order valence-corrected chi connectivity index (χ2v) is 6.91. The number of aliphatic imine (C=N–C) groups is 1.